The number of hydrogen-bond donors (Lipinski definition) is 1. The van der Waals surface area contributed by atoms with E-state index in [4.69, 9.17) is 21.1 Å². The summed E-state index contributed by atoms with van der Waals surface area (Å²) in [5, 5.41) is 3.17. The highest BCUT2D eigenvalue weighted by Crippen LogP contribution is 2.31. The van der Waals surface area contributed by atoms with Crippen LogP contribution in [-0.2, 0) is 20.9 Å². The minimum atomic E-state index is -1.12. The van der Waals surface area contributed by atoms with Crippen molar-refractivity contribution >= 4 is 34.8 Å². The summed E-state index contributed by atoms with van der Waals surface area (Å²) in [6.07, 6.45) is 10.6. The Bertz CT molecular complexity index is 1030. The molecule has 1 aliphatic heterocycles. The number of rotatable bonds is 9. The third-order valence-electron chi connectivity index (χ3n) is 5.31. The maximum absolute atomic E-state index is 13.9. The first-order valence-corrected chi connectivity index (χ1v) is 11.6. The first kappa shape index (κ1) is 22.4. The summed E-state index contributed by atoms with van der Waals surface area (Å²) in [4.78, 5) is 33.5. The number of thiazole rings is 1. The number of methoxy groups -OCH3 is 1. The van der Waals surface area contributed by atoms with Gasteiger partial charge in [-0.25, -0.2) is 4.98 Å². The average Bonchev–Trinajstić information content (AvgIpc) is 3.56. The fourth-order valence-electron chi connectivity index (χ4n) is 3.40. The lowest BCUT2D eigenvalue weighted by Crippen LogP contribution is -2.49. The number of carbonyl (C=O) groups is 2. The smallest absolute Gasteiger partial charge is 0.323 e. The first-order valence-electron chi connectivity index (χ1n) is 10.4. The van der Waals surface area contributed by atoms with E-state index in [1.54, 1.807) is 48.7 Å². The van der Waals surface area contributed by atoms with Crippen LogP contribution in [0.25, 0.3) is 0 Å². The number of benzene rings is 1. The van der Waals surface area contributed by atoms with Crippen molar-refractivity contribution in [3.05, 3.63) is 69.8 Å². The van der Waals surface area contributed by atoms with Gasteiger partial charge in [0.05, 0.1) is 20.3 Å². The van der Waals surface area contributed by atoms with E-state index in [2.05, 4.69) is 10.3 Å². The van der Waals surface area contributed by atoms with Crippen molar-refractivity contribution in [3.63, 3.8) is 0 Å². The van der Waals surface area contributed by atoms with E-state index < -0.39 is 18.1 Å². The number of carbonyl (C=O) groups excluding carboxylic acids is 2. The molecule has 7 nitrogen and oxygen atoms in total. The van der Waals surface area contributed by atoms with E-state index in [1.165, 1.54) is 11.3 Å². The Hall–Kier alpha value is -2.84. The number of amides is 1. The Labute approximate surface area is 195 Å². The molecular formula is C23H24ClN3O4S. The zero-order valence-electron chi connectivity index (χ0n) is 17.6. The Morgan fingerprint density at radius 2 is 2.19 bits per heavy atom. The van der Waals surface area contributed by atoms with Gasteiger partial charge in [0.2, 0.25) is 5.91 Å². The Morgan fingerprint density at radius 1 is 1.34 bits per heavy atom. The van der Waals surface area contributed by atoms with Gasteiger partial charge in [-0.1, -0.05) is 29.8 Å². The summed E-state index contributed by atoms with van der Waals surface area (Å²) in [5.74, 6) is -1.09. The van der Waals surface area contributed by atoms with Gasteiger partial charge in [-0.2, -0.15) is 0 Å². The number of nitrogens with zero attached hydrogens (tertiary/aromatic N) is 2. The molecule has 2 aromatic rings. The minimum absolute atomic E-state index is 0.245. The van der Waals surface area contributed by atoms with Crippen molar-refractivity contribution in [1.29, 1.82) is 0 Å². The lowest BCUT2D eigenvalue weighted by Gasteiger charge is -2.33. The van der Waals surface area contributed by atoms with Crippen LogP contribution in [0.2, 0.25) is 4.47 Å². The molecule has 2 unspecified atom stereocenters. The number of ether oxygens (including phenoxy) is 2. The van der Waals surface area contributed by atoms with E-state index in [1.807, 2.05) is 18.2 Å². The van der Waals surface area contributed by atoms with Crippen LogP contribution in [-0.4, -0.2) is 41.6 Å². The molecular weight excluding hydrogens is 450 g/mol. The number of allylic oxidation sites excluding steroid dienone is 2. The SMILES string of the molecule is COc1cccc(C(C(=O)OCC2CC2)C(=O)N(Cc2cnc(Cl)s2)C2C=CC=CN2)c1. The largest absolute Gasteiger partial charge is 0.497 e. The van der Waals surface area contributed by atoms with Crippen molar-refractivity contribution in [2.45, 2.75) is 31.5 Å². The van der Waals surface area contributed by atoms with Crippen LogP contribution >= 0.6 is 22.9 Å². The molecule has 32 heavy (non-hydrogen) atoms. The molecule has 9 heteroatoms. The predicted molar refractivity (Wildman–Crippen MR) is 122 cm³/mol. The molecule has 2 aliphatic rings. The molecule has 2 atom stereocenters. The third kappa shape index (κ3) is 5.49. The van der Waals surface area contributed by atoms with Gasteiger partial charge in [-0.3, -0.25) is 9.59 Å². The van der Waals surface area contributed by atoms with E-state index >= 15 is 0 Å². The molecule has 1 aromatic carbocycles. The maximum atomic E-state index is 13.9. The second-order valence-corrected chi connectivity index (χ2v) is 9.38. The summed E-state index contributed by atoms with van der Waals surface area (Å²) in [5.41, 5.74) is 0.526. The Balaban J connectivity index is 1.66. The molecule has 4 rings (SSSR count). The highest BCUT2D eigenvalue weighted by Gasteiger charge is 2.37. The van der Waals surface area contributed by atoms with Crippen molar-refractivity contribution in [1.82, 2.24) is 15.2 Å². The van der Waals surface area contributed by atoms with Crippen molar-refractivity contribution in [3.8, 4) is 5.75 Å². The number of esters is 1. The quantitative estimate of drug-likeness (QED) is 0.440. The van der Waals surface area contributed by atoms with Crippen LogP contribution in [0.3, 0.4) is 0 Å². The number of aromatic nitrogens is 1. The summed E-state index contributed by atoms with van der Waals surface area (Å²) in [6, 6.07) is 6.98. The van der Waals surface area contributed by atoms with Gasteiger partial charge < -0.3 is 19.7 Å². The van der Waals surface area contributed by atoms with Crippen molar-refractivity contribution in [2.24, 2.45) is 5.92 Å². The molecule has 0 saturated heterocycles. The summed E-state index contributed by atoms with van der Waals surface area (Å²) < 4.78 is 11.3. The minimum Gasteiger partial charge on any atom is -0.497 e. The average molecular weight is 474 g/mol. The fourth-order valence-corrected chi connectivity index (χ4v) is 4.38. The fraction of sp³-hybridized carbons (Fsp3) is 0.348. The molecule has 2 heterocycles. The molecule has 168 valence electrons. The predicted octanol–water partition coefficient (Wildman–Crippen LogP) is 3.87. The molecule has 0 bridgehead atoms. The molecule has 1 saturated carbocycles. The van der Waals surface area contributed by atoms with Gasteiger partial charge in [-0.15, -0.1) is 11.3 Å². The zero-order chi connectivity index (χ0) is 22.5. The number of hydrogen-bond acceptors (Lipinski definition) is 7. The highest BCUT2D eigenvalue weighted by atomic mass is 35.5. The molecule has 1 aromatic heterocycles. The van der Waals surface area contributed by atoms with Crippen molar-refractivity contribution in [2.75, 3.05) is 13.7 Å². The van der Waals surface area contributed by atoms with Gasteiger partial charge >= 0.3 is 5.97 Å². The third-order valence-corrected chi connectivity index (χ3v) is 6.41. The van der Waals surface area contributed by atoms with Crippen LogP contribution in [0.1, 0.15) is 29.2 Å². The number of nitrogens with one attached hydrogen (secondary N) is 1. The number of dihydropyridines is 1. The van der Waals surface area contributed by atoms with Gasteiger partial charge in [0.1, 0.15) is 11.9 Å². The summed E-state index contributed by atoms with van der Waals surface area (Å²) in [6.45, 7) is 0.580. The van der Waals surface area contributed by atoms with E-state index in [-0.39, 0.29) is 12.5 Å². The summed E-state index contributed by atoms with van der Waals surface area (Å²) >= 11 is 7.30. The molecule has 1 fully saturated rings. The molecule has 1 amide bonds. The zero-order valence-corrected chi connectivity index (χ0v) is 19.1. The van der Waals surface area contributed by atoms with Crippen LogP contribution in [0, 0.1) is 5.92 Å². The first-order chi connectivity index (χ1) is 15.5. The lowest BCUT2D eigenvalue weighted by atomic mass is 9.96. The van der Waals surface area contributed by atoms with Gasteiger partial charge in [0.25, 0.3) is 0 Å². The second-order valence-electron chi connectivity index (χ2n) is 7.68. The maximum Gasteiger partial charge on any atom is 0.323 e. The standard InChI is InChI=1S/C23H24ClN3O4S/c1-30-17-6-4-5-16(11-17)20(22(29)31-14-15-8-9-15)21(28)27(19-7-2-3-10-25-19)13-18-12-26-23(24)32-18/h2-7,10-12,15,19-20,25H,8-9,13-14H2,1H3. The molecule has 1 aliphatic carbocycles. The van der Waals surface area contributed by atoms with Gasteiger partial charge in [0.15, 0.2) is 10.4 Å². The van der Waals surface area contributed by atoms with Gasteiger partial charge in [0, 0.05) is 11.1 Å². The number of halogens is 1. The van der Waals surface area contributed by atoms with E-state index in [0.717, 1.165) is 17.7 Å². The van der Waals surface area contributed by atoms with Crippen LogP contribution < -0.4 is 10.1 Å². The Morgan fingerprint density at radius 3 is 2.84 bits per heavy atom. The molecule has 1 N–H and O–H groups in total. The normalized spacial score (nSPS) is 18.0. The monoisotopic (exact) mass is 473 g/mol. The van der Waals surface area contributed by atoms with E-state index in [0.29, 0.717) is 28.3 Å². The molecule has 0 spiro atoms. The second kappa shape index (κ2) is 10.2. The van der Waals surface area contributed by atoms with Gasteiger partial charge in [-0.05, 0) is 54.8 Å². The topological polar surface area (TPSA) is 80.8 Å². The lowest BCUT2D eigenvalue weighted by molar-refractivity contribution is -0.153. The van der Waals surface area contributed by atoms with Crippen LogP contribution in [0.4, 0.5) is 0 Å². The van der Waals surface area contributed by atoms with Crippen LogP contribution in [0.5, 0.6) is 5.75 Å². The van der Waals surface area contributed by atoms with Crippen LogP contribution in [0.15, 0.2) is 54.9 Å². The molecule has 0 radical (unpaired) electrons. The van der Waals surface area contributed by atoms with E-state index in [9.17, 15) is 9.59 Å². The highest BCUT2D eigenvalue weighted by molar-refractivity contribution is 7.15. The summed E-state index contributed by atoms with van der Waals surface area (Å²) in [7, 11) is 1.55. The van der Waals surface area contributed by atoms with Crippen molar-refractivity contribution < 1.29 is 19.1 Å². The Kier molecular flexibility index (Phi) is 7.12.